The van der Waals surface area contributed by atoms with E-state index in [2.05, 4.69) is 64.8 Å². The van der Waals surface area contributed by atoms with Crippen LogP contribution in [0.4, 0.5) is 17.5 Å². The number of para-hydroxylation sites is 1. The average Bonchev–Trinajstić information content (AvgIpc) is 2.69. The highest BCUT2D eigenvalue weighted by molar-refractivity contribution is 5.65. The van der Waals surface area contributed by atoms with Crippen LogP contribution in [0.2, 0.25) is 0 Å². The van der Waals surface area contributed by atoms with Crippen LogP contribution in [-0.2, 0) is 12.8 Å². The molecule has 0 fully saturated rings. The van der Waals surface area contributed by atoms with Gasteiger partial charge in [-0.05, 0) is 55.5 Å². The summed E-state index contributed by atoms with van der Waals surface area (Å²) in [5.74, 6) is 2.32. The molecule has 2 N–H and O–H groups in total. The Balaban J connectivity index is 1.70. The molecule has 3 rings (SSSR count). The zero-order valence-corrected chi connectivity index (χ0v) is 17.0. The molecule has 5 heteroatoms. The average molecular weight is 377 g/mol. The molecular weight excluding hydrogens is 348 g/mol. The summed E-state index contributed by atoms with van der Waals surface area (Å²) >= 11 is 0. The molecule has 1 heterocycles. The van der Waals surface area contributed by atoms with E-state index in [1.54, 1.807) is 7.11 Å². The number of benzene rings is 2. The number of aromatic nitrogens is 2. The van der Waals surface area contributed by atoms with Crippen molar-refractivity contribution in [3.63, 3.8) is 0 Å². The minimum atomic E-state index is 0.636. The number of ether oxygens (including phenoxy) is 1. The van der Waals surface area contributed by atoms with Gasteiger partial charge in [-0.25, -0.2) is 4.98 Å². The molecule has 0 aliphatic carbocycles. The minimum Gasteiger partial charge on any atom is -0.497 e. The van der Waals surface area contributed by atoms with Crippen LogP contribution in [0.5, 0.6) is 5.75 Å². The van der Waals surface area contributed by atoms with Crippen molar-refractivity contribution in [1.29, 1.82) is 0 Å². The van der Waals surface area contributed by atoms with Crippen molar-refractivity contribution in [2.45, 2.75) is 33.6 Å². The molecule has 3 aromatic rings. The number of nitrogens with one attached hydrogen (secondary N) is 2. The van der Waals surface area contributed by atoms with E-state index in [1.165, 1.54) is 16.7 Å². The van der Waals surface area contributed by atoms with Crippen molar-refractivity contribution in [3.05, 3.63) is 70.9 Å². The summed E-state index contributed by atoms with van der Waals surface area (Å²) in [6, 6.07) is 16.4. The first kappa shape index (κ1) is 19.7. The molecule has 0 aliphatic heterocycles. The van der Waals surface area contributed by atoms with E-state index < -0.39 is 0 Å². The van der Waals surface area contributed by atoms with Gasteiger partial charge < -0.3 is 15.4 Å². The molecule has 146 valence electrons. The lowest BCUT2D eigenvalue weighted by Crippen LogP contribution is -2.10. The first-order valence-corrected chi connectivity index (χ1v) is 9.67. The van der Waals surface area contributed by atoms with E-state index in [0.29, 0.717) is 5.95 Å². The van der Waals surface area contributed by atoms with Gasteiger partial charge in [0.2, 0.25) is 5.95 Å². The van der Waals surface area contributed by atoms with Gasteiger partial charge in [0.25, 0.3) is 0 Å². The first-order valence-electron chi connectivity index (χ1n) is 9.67. The fraction of sp³-hybridized carbons (Fsp3) is 0.304. The van der Waals surface area contributed by atoms with Gasteiger partial charge >= 0.3 is 0 Å². The second-order valence-electron chi connectivity index (χ2n) is 6.83. The molecule has 0 bridgehead atoms. The molecular formula is C23H28N4O. The van der Waals surface area contributed by atoms with E-state index in [4.69, 9.17) is 4.74 Å². The standard InChI is InChI=1S/C23H28N4O/c1-5-19-10-6-8-16(2)22(19)26-21-14-17(3)25-23(27-21)24-13-12-18-9-7-11-20(15-18)28-4/h6-11,14-15H,5,12-13H2,1-4H3,(H2,24,25,26,27). The molecule has 0 spiro atoms. The molecule has 0 saturated heterocycles. The molecule has 0 aliphatic rings. The number of aryl methyl sites for hydroxylation is 3. The monoisotopic (exact) mass is 376 g/mol. The number of hydrogen-bond acceptors (Lipinski definition) is 5. The number of anilines is 3. The number of hydrogen-bond donors (Lipinski definition) is 2. The summed E-state index contributed by atoms with van der Waals surface area (Å²) in [6.07, 6.45) is 1.84. The summed E-state index contributed by atoms with van der Waals surface area (Å²) in [5, 5.41) is 6.83. The van der Waals surface area contributed by atoms with Gasteiger partial charge in [0, 0.05) is 24.0 Å². The fourth-order valence-corrected chi connectivity index (χ4v) is 3.19. The van der Waals surface area contributed by atoms with Crippen molar-refractivity contribution in [1.82, 2.24) is 9.97 Å². The lowest BCUT2D eigenvalue weighted by atomic mass is 10.1. The highest BCUT2D eigenvalue weighted by atomic mass is 16.5. The van der Waals surface area contributed by atoms with Gasteiger partial charge in [0.15, 0.2) is 0 Å². The van der Waals surface area contributed by atoms with Gasteiger partial charge in [-0.1, -0.05) is 37.3 Å². The van der Waals surface area contributed by atoms with Crippen LogP contribution in [0.1, 0.15) is 29.3 Å². The van der Waals surface area contributed by atoms with Crippen molar-refractivity contribution in [2.24, 2.45) is 0 Å². The lowest BCUT2D eigenvalue weighted by Gasteiger charge is -2.15. The maximum atomic E-state index is 5.28. The topological polar surface area (TPSA) is 59.1 Å². The van der Waals surface area contributed by atoms with Crippen molar-refractivity contribution in [3.8, 4) is 5.75 Å². The maximum absolute atomic E-state index is 5.28. The Morgan fingerprint density at radius 1 is 1.00 bits per heavy atom. The smallest absolute Gasteiger partial charge is 0.224 e. The van der Waals surface area contributed by atoms with Crippen LogP contribution in [0, 0.1) is 13.8 Å². The Morgan fingerprint density at radius 3 is 2.61 bits per heavy atom. The minimum absolute atomic E-state index is 0.636. The Labute approximate surface area is 167 Å². The van der Waals surface area contributed by atoms with Crippen molar-refractivity contribution >= 4 is 17.5 Å². The molecule has 2 aromatic carbocycles. The van der Waals surface area contributed by atoms with E-state index in [0.717, 1.165) is 42.3 Å². The fourth-order valence-electron chi connectivity index (χ4n) is 3.19. The second-order valence-corrected chi connectivity index (χ2v) is 6.83. The highest BCUT2D eigenvalue weighted by Crippen LogP contribution is 2.25. The molecule has 28 heavy (non-hydrogen) atoms. The van der Waals surface area contributed by atoms with E-state index >= 15 is 0 Å². The molecule has 1 aromatic heterocycles. The van der Waals surface area contributed by atoms with Crippen LogP contribution >= 0.6 is 0 Å². The summed E-state index contributed by atoms with van der Waals surface area (Å²) in [7, 11) is 1.69. The van der Waals surface area contributed by atoms with Crippen molar-refractivity contribution < 1.29 is 4.74 Å². The van der Waals surface area contributed by atoms with Crippen LogP contribution in [-0.4, -0.2) is 23.6 Å². The molecule has 0 atom stereocenters. The van der Waals surface area contributed by atoms with E-state index in [-0.39, 0.29) is 0 Å². The summed E-state index contributed by atoms with van der Waals surface area (Å²) in [5.41, 5.74) is 5.76. The SMILES string of the molecule is CCc1cccc(C)c1Nc1cc(C)nc(NCCc2cccc(OC)c2)n1. The van der Waals surface area contributed by atoms with Crippen LogP contribution < -0.4 is 15.4 Å². The summed E-state index contributed by atoms with van der Waals surface area (Å²) in [6.45, 7) is 7.01. The molecule has 5 nitrogen and oxygen atoms in total. The van der Waals surface area contributed by atoms with Crippen LogP contribution in [0.15, 0.2) is 48.5 Å². The third-order valence-electron chi connectivity index (χ3n) is 4.68. The summed E-state index contributed by atoms with van der Waals surface area (Å²) in [4.78, 5) is 9.17. The lowest BCUT2D eigenvalue weighted by molar-refractivity contribution is 0.414. The Morgan fingerprint density at radius 2 is 1.82 bits per heavy atom. The van der Waals surface area contributed by atoms with E-state index in [1.807, 2.05) is 25.1 Å². The van der Waals surface area contributed by atoms with Gasteiger partial charge in [-0.15, -0.1) is 0 Å². The zero-order valence-electron chi connectivity index (χ0n) is 17.0. The Bertz CT molecular complexity index is 940. The predicted octanol–water partition coefficient (Wildman–Crippen LogP) is 5.06. The van der Waals surface area contributed by atoms with Gasteiger partial charge in [-0.3, -0.25) is 0 Å². The van der Waals surface area contributed by atoms with Gasteiger partial charge in [-0.2, -0.15) is 4.98 Å². The third kappa shape index (κ3) is 5.00. The first-order chi connectivity index (χ1) is 13.6. The van der Waals surface area contributed by atoms with Crippen molar-refractivity contribution in [2.75, 3.05) is 24.3 Å². The van der Waals surface area contributed by atoms with E-state index in [9.17, 15) is 0 Å². The maximum Gasteiger partial charge on any atom is 0.224 e. The van der Waals surface area contributed by atoms with Crippen LogP contribution in [0.25, 0.3) is 0 Å². The molecule has 0 amide bonds. The molecule has 0 saturated carbocycles. The Kier molecular flexibility index (Phi) is 6.48. The normalized spacial score (nSPS) is 10.6. The Hall–Kier alpha value is -3.08. The van der Waals surface area contributed by atoms with Crippen LogP contribution in [0.3, 0.4) is 0 Å². The predicted molar refractivity (Wildman–Crippen MR) is 116 cm³/mol. The quantitative estimate of drug-likeness (QED) is 0.575. The number of rotatable bonds is 8. The third-order valence-corrected chi connectivity index (χ3v) is 4.68. The molecule has 0 radical (unpaired) electrons. The second kappa shape index (κ2) is 9.22. The van der Waals surface area contributed by atoms with Gasteiger partial charge in [0.1, 0.15) is 11.6 Å². The highest BCUT2D eigenvalue weighted by Gasteiger charge is 2.08. The number of methoxy groups -OCH3 is 1. The van der Waals surface area contributed by atoms with Gasteiger partial charge in [0.05, 0.1) is 7.11 Å². The molecule has 0 unspecified atom stereocenters. The number of nitrogens with zero attached hydrogens (tertiary/aromatic N) is 2. The summed E-state index contributed by atoms with van der Waals surface area (Å²) < 4.78 is 5.28. The largest absolute Gasteiger partial charge is 0.497 e. The zero-order chi connectivity index (χ0) is 19.9.